The number of nitrogens with zero attached hydrogens (tertiary/aromatic N) is 1. The minimum absolute atomic E-state index is 0.0453. The van der Waals surface area contributed by atoms with Crippen LogP contribution in [0.1, 0.15) is 24.2 Å². The Morgan fingerprint density at radius 2 is 2.10 bits per heavy atom. The molecule has 7 heteroatoms. The van der Waals surface area contributed by atoms with Gasteiger partial charge in [-0.25, -0.2) is 0 Å². The summed E-state index contributed by atoms with van der Waals surface area (Å²) in [6.45, 7) is 5.59. The van der Waals surface area contributed by atoms with Crippen LogP contribution >= 0.6 is 11.3 Å². The Hall–Kier alpha value is -1.44. The second-order valence-corrected chi connectivity index (χ2v) is 6.53. The van der Waals surface area contributed by atoms with Crippen LogP contribution < -0.4 is 16.8 Å². The molecule has 1 aromatic heterocycles. The highest BCUT2D eigenvalue weighted by molar-refractivity contribution is 7.14. The number of nitrogens with one attached hydrogen (secondary N) is 1. The second-order valence-electron chi connectivity index (χ2n) is 5.62. The summed E-state index contributed by atoms with van der Waals surface area (Å²) in [4.78, 5) is 25.0. The molecule has 0 aromatic carbocycles. The van der Waals surface area contributed by atoms with E-state index in [0.29, 0.717) is 23.7 Å². The SMILES string of the molecule is CN(CC(=O)Nc1sccc1C(N)=O)CC(C)(C)CN. The van der Waals surface area contributed by atoms with Crippen LogP contribution in [0.15, 0.2) is 11.4 Å². The summed E-state index contributed by atoms with van der Waals surface area (Å²) in [6.07, 6.45) is 0. The normalized spacial score (nSPS) is 11.7. The number of primary amides is 1. The van der Waals surface area contributed by atoms with Gasteiger partial charge in [0.2, 0.25) is 5.91 Å². The molecule has 20 heavy (non-hydrogen) atoms. The molecule has 0 radical (unpaired) electrons. The summed E-state index contributed by atoms with van der Waals surface area (Å²) in [5, 5.41) is 4.93. The van der Waals surface area contributed by atoms with Gasteiger partial charge < -0.3 is 16.8 Å². The van der Waals surface area contributed by atoms with Gasteiger partial charge in [-0.15, -0.1) is 11.3 Å². The number of anilines is 1. The van der Waals surface area contributed by atoms with Crippen LogP contribution in [0, 0.1) is 5.41 Å². The second kappa shape index (κ2) is 6.83. The van der Waals surface area contributed by atoms with Crippen molar-refractivity contribution in [2.24, 2.45) is 16.9 Å². The first-order valence-corrected chi connectivity index (χ1v) is 7.19. The number of carbonyl (C=O) groups excluding carboxylic acids is 2. The largest absolute Gasteiger partial charge is 0.366 e. The fraction of sp³-hybridized carbons (Fsp3) is 0.538. The van der Waals surface area contributed by atoms with Crippen molar-refractivity contribution in [2.75, 3.05) is 32.0 Å². The lowest BCUT2D eigenvalue weighted by Crippen LogP contribution is -2.40. The molecule has 5 N–H and O–H groups in total. The van der Waals surface area contributed by atoms with Gasteiger partial charge in [0.15, 0.2) is 0 Å². The van der Waals surface area contributed by atoms with Gasteiger partial charge in [0.25, 0.3) is 5.91 Å². The van der Waals surface area contributed by atoms with Gasteiger partial charge in [-0.2, -0.15) is 0 Å². The lowest BCUT2D eigenvalue weighted by Gasteiger charge is -2.28. The van der Waals surface area contributed by atoms with Crippen molar-refractivity contribution in [3.63, 3.8) is 0 Å². The Bertz CT molecular complexity index is 484. The maximum atomic E-state index is 11.9. The van der Waals surface area contributed by atoms with Crippen LogP contribution in [-0.2, 0) is 4.79 Å². The number of hydrogen-bond donors (Lipinski definition) is 3. The van der Waals surface area contributed by atoms with E-state index in [9.17, 15) is 9.59 Å². The van der Waals surface area contributed by atoms with Crippen molar-refractivity contribution < 1.29 is 9.59 Å². The van der Waals surface area contributed by atoms with Crippen molar-refractivity contribution in [1.29, 1.82) is 0 Å². The van der Waals surface area contributed by atoms with E-state index in [0.717, 1.165) is 0 Å². The molecule has 6 nitrogen and oxygen atoms in total. The molecule has 1 aromatic rings. The average molecular weight is 298 g/mol. The summed E-state index contributed by atoms with van der Waals surface area (Å²) >= 11 is 1.28. The predicted molar refractivity (Wildman–Crippen MR) is 81.8 cm³/mol. The molecule has 0 spiro atoms. The molecule has 1 rings (SSSR count). The Morgan fingerprint density at radius 1 is 1.45 bits per heavy atom. The van der Waals surface area contributed by atoms with E-state index in [1.54, 1.807) is 11.4 Å². The zero-order valence-corrected chi connectivity index (χ0v) is 12.9. The topological polar surface area (TPSA) is 101 Å². The molecule has 0 bridgehead atoms. The van der Waals surface area contributed by atoms with E-state index in [1.165, 1.54) is 11.3 Å². The fourth-order valence-corrected chi connectivity index (χ4v) is 2.67. The van der Waals surface area contributed by atoms with Crippen LogP contribution in [0.4, 0.5) is 5.00 Å². The Labute approximate surface area is 123 Å². The summed E-state index contributed by atoms with van der Waals surface area (Å²) in [5.74, 6) is -0.718. The van der Waals surface area contributed by atoms with E-state index in [2.05, 4.69) is 5.32 Å². The Balaban J connectivity index is 2.55. The highest BCUT2D eigenvalue weighted by atomic mass is 32.1. The first-order chi connectivity index (χ1) is 9.25. The molecular formula is C13H22N4O2S. The highest BCUT2D eigenvalue weighted by Crippen LogP contribution is 2.22. The minimum atomic E-state index is -0.542. The third-order valence-electron chi connectivity index (χ3n) is 2.85. The lowest BCUT2D eigenvalue weighted by atomic mass is 9.93. The zero-order valence-electron chi connectivity index (χ0n) is 12.1. The van der Waals surface area contributed by atoms with Crippen molar-refractivity contribution >= 4 is 28.2 Å². The Morgan fingerprint density at radius 3 is 2.65 bits per heavy atom. The Kier molecular flexibility index (Phi) is 5.67. The molecule has 0 saturated heterocycles. The van der Waals surface area contributed by atoms with E-state index >= 15 is 0 Å². The van der Waals surface area contributed by atoms with Gasteiger partial charge in [0, 0.05) is 6.54 Å². The van der Waals surface area contributed by atoms with Crippen molar-refractivity contribution in [3.05, 3.63) is 17.0 Å². The van der Waals surface area contributed by atoms with E-state index < -0.39 is 5.91 Å². The molecule has 1 heterocycles. The molecular weight excluding hydrogens is 276 g/mol. The van der Waals surface area contributed by atoms with Crippen LogP contribution in [-0.4, -0.2) is 43.4 Å². The van der Waals surface area contributed by atoms with Crippen LogP contribution in [0.5, 0.6) is 0 Å². The van der Waals surface area contributed by atoms with Gasteiger partial charge in [0.05, 0.1) is 12.1 Å². The average Bonchev–Trinajstić information content (AvgIpc) is 2.75. The minimum Gasteiger partial charge on any atom is -0.366 e. The maximum Gasteiger partial charge on any atom is 0.251 e. The monoisotopic (exact) mass is 298 g/mol. The number of likely N-dealkylation sites (N-methyl/N-ethyl adjacent to an activating group) is 1. The van der Waals surface area contributed by atoms with E-state index in [1.807, 2.05) is 25.8 Å². The van der Waals surface area contributed by atoms with Crippen LogP contribution in [0.25, 0.3) is 0 Å². The summed E-state index contributed by atoms with van der Waals surface area (Å²) in [7, 11) is 1.86. The standard InChI is InChI=1S/C13H22N4O2S/c1-13(2,7-14)8-17(3)6-10(18)16-12-9(11(15)19)4-5-20-12/h4-5H,6-8,14H2,1-3H3,(H2,15,19)(H,16,18). The van der Waals surface area contributed by atoms with Gasteiger partial charge in [0.1, 0.15) is 5.00 Å². The third kappa shape index (κ3) is 4.92. The molecule has 0 aliphatic carbocycles. The number of thiophene rings is 1. The lowest BCUT2D eigenvalue weighted by molar-refractivity contribution is -0.117. The quantitative estimate of drug-likeness (QED) is 0.689. The summed E-state index contributed by atoms with van der Waals surface area (Å²) in [6, 6.07) is 1.60. The van der Waals surface area contributed by atoms with Crippen molar-refractivity contribution in [2.45, 2.75) is 13.8 Å². The van der Waals surface area contributed by atoms with Crippen LogP contribution in [0.3, 0.4) is 0 Å². The van der Waals surface area contributed by atoms with Gasteiger partial charge in [-0.3, -0.25) is 14.5 Å². The molecule has 0 atom stereocenters. The predicted octanol–water partition coefficient (Wildman–Crippen LogP) is 0.702. The van der Waals surface area contributed by atoms with Crippen molar-refractivity contribution in [3.8, 4) is 0 Å². The molecule has 0 fully saturated rings. The van der Waals surface area contributed by atoms with Gasteiger partial charge in [-0.05, 0) is 30.5 Å². The molecule has 112 valence electrons. The highest BCUT2D eigenvalue weighted by Gasteiger charge is 2.20. The number of rotatable bonds is 7. The fourth-order valence-electron chi connectivity index (χ4n) is 1.86. The first-order valence-electron chi connectivity index (χ1n) is 6.31. The molecule has 0 unspecified atom stereocenters. The number of amides is 2. The third-order valence-corrected chi connectivity index (χ3v) is 3.68. The maximum absolute atomic E-state index is 11.9. The van der Waals surface area contributed by atoms with E-state index in [-0.39, 0.29) is 17.9 Å². The summed E-state index contributed by atoms with van der Waals surface area (Å²) in [5.41, 5.74) is 11.2. The van der Waals surface area contributed by atoms with E-state index in [4.69, 9.17) is 11.5 Å². The van der Waals surface area contributed by atoms with Gasteiger partial charge in [-0.1, -0.05) is 13.8 Å². The molecule has 0 aliphatic rings. The summed E-state index contributed by atoms with van der Waals surface area (Å²) < 4.78 is 0. The first kappa shape index (κ1) is 16.6. The van der Waals surface area contributed by atoms with Crippen LogP contribution in [0.2, 0.25) is 0 Å². The number of hydrogen-bond acceptors (Lipinski definition) is 5. The molecule has 0 aliphatic heterocycles. The number of nitrogens with two attached hydrogens (primary N) is 2. The number of carbonyl (C=O) groups is 2. The van der Waals surface area contributed by atoms with Gasteiger partial charge >= 0.3 is 0 Å². The smallest absolute Gasteiger partial charge is 0.251 e. The molecule has 2 amide bonds. The molecule has 0 saturated carbocycles. The zero-order chi connectivity index (χ0) is 15.3. The van der Waals surface area contributed by atoms with Crippen molar-refractivity contribution in [1.82, 2.24) is 4.90 Å².